The van der Waals surface area contributed by atoms with Crippen molar-refractivity contribution in [2.24, 2.45) is 5.92 Å². The molecular weight excluding hydrogens is 277 g/mol. The van der Waals surface area contributed by atoms with Gasteiger partial charge in [-0.05, 0) is 7.05 Å². The van der Waals surface area contributed by atoms with Crippen molar-refractivity contribution in [1.29, 1.82) is 0 Å². The molecule has 0 radical (unpaired) electrons. The first-order chi connectivity index (χ1) is 7.74. The quantitative estimate of drug-likeness (QED) is 0.732. The second-order valence-corrected chi connectivity index (χ2v) is 4.20. The van der Waals surface area contributed by atoms with E-state index in [1.54, 1.807) is 0 Å². The molecule has 0 aromatic rings. The van der Waals surface area contributed by atoms with Crippen LogP contribution in [0, 0.1) is 5.92 Å². The third-order valence-electron chi connectivity index (χ3n) is 2.79. The average molecular weight is 302 g/mol. The Morgan fingerprint density at radius 1 is 1.33 bits per heavy atom. The zero-order valence-corrected chi connectivity index (χ0v) is 12.7. The Morgan fingerprint density at radius 2 is 1.94 bits per heavy atom. The van der Waals surface area contributed by atoms with Crippen molar-refractivity contribution in [3.8, 4) is 0 Å². The van der Waals surface area contributed by atoms with Crippen LogP contribution >= 0.6 is 24.8 Å². The summed E-state index contributed by atoms with van der Waals surface area (Å²) in [5.74, 6) is 0.164. The summed E-state index contributed by atoms with van der Waals surface area (Å²) in [6.07, 6.45) is 0. The number of rotatable bonds is 6. The number of morpholine rings is 1. The highest BCUT2D eigenvalue weighted by Crippen LogP contribution is 1.96. The molecule has 1 atom stereocenters. The van der Waals surface area contributed by atoms with Crippen LogP contribution in [0.5, 0.6) is 0 Å². The number of hydrogen-bond acceptors (Lipinski definition) is 4. The lowest BCUT2D eigenvalue weighted by molar-refractivity contribution is -0.124. The van der Waals surface area contributed by atoms with Crippen molar-refractivity contribution >= 4 is 30.7 Å². The lowest BCUT2D eigenvalue weighted by Gasteiger charge is -2.26. The Morgan fingerprint density at radius 3 is 2.50 bits per heavy atom. The molecule has 7 heteroatoms. The maximum atomic E-state index is 11.6. The van der Waals surface area contributed by atoms with Crippen LogP contribution in [0.1, 0.15) is 6.92 Å². The number of nitrogens with zero attached hydrogens (tertiary/aromatic N) is 1. The first kappa shape index (κ1) is 20.3. The van der Waals surface area contributed by atoms with E-state index in [1.165, 1.54) is 0 Å². The van der Waals surface area contributed by atoms with Gasteiger partial charge in [-0.15, -0.1) is 24.8 Å². The number of carbonyl (C=O) groups excluding carboxylic acids is 1. The number of carbonyl (C=O) groups is 1. The van der Waals surface area contributed by atoms with Gasteiger partial charge in [0.2, 0.25) is 5.91 Å². The van der Waals surface area contributed by atoms with Crippen LogP contribution < -0.4 is 10.6 Å². The molecule has 0 aliphatic carbocycles. The molecule has 1 rings (SSSR count). The maximum Gasteiger partial charge on any atom is 0.224 e. The van der Waals surface area contributed by atoms with E-state index in [2.05, 4.69) is 15.5 Å². The highest BCUT2D eigenvalue weighted by atomic mass is 35.5. The normalized spacial score (nSPS) is 17.2. The van der Waals surface area contributed by atoms with Crippen LogP contribution in [-0.4, -0.2) is 63.8 Å². The van der Waals surface area contributed by atoms with Crippen LogP contribution in [0.25, 0.3) is 0 Å². The van der Waals surface area contributed by atoms with Gasteiger partial charge in [0, 0.05) is 38.6 Å². The number of halogens is 2. The largest absolute Gasteiger partial charge is 0.379 e. The van der Waals surface area contributed by atoms with Gasteiger partial charge in [0.1, 0.15) is 0 Å². The lowest BCUT2D eigenvalue weighted by Crippen LogP contribution is -2.43. The van der Waals surface area contributed by atoms with Gasteiger partial charge in [0.15, 0.2) is 0 Å². The van der Waals surface area contributed by atoms with E-state index in [0.717, 1.165) is 45.9 Å². The van der Waals surface area contributed by atoms with Gasteiger partial charge < -0.3 is 15.4 Å². The Hall–Kier alpha value is -0.0700. The van der Waals surface area contributed by atoms with Gasteiger partial charge in [-0.1, -0.05) is 6.92 Å². The Balaban J connectivity index is 0. The molecule has 1 aliphatic rings. The van der Waals surface area contributed by atoms with Crippen LogP contribution in [0.2, 0.25) is 0 Å². The molecule has 18 heavy (non-hydrogen) atoms. The minimum atomic E-state index is 0. The first-order valence-electron chi connectivity index (χ1n) is 5.96. The summed E-state index contributed by atoms with van der Waals surface area (Å²) in [6.45, 7) is 7.87. The molecule has 0 bridgehead atoms. The Bertz CT molecular complexity index is 214. The number of nitrogens with one attached hydrogen (secondary N) is 2. The van der Waals surface area contributed by atoms with E-state index in [0.29, 0.717) is 0 Å². The fourth-order valence-corrected chi connectivity index (χ4v) is 1.74. The van der Waals surface area contributed by atoms with E-state index < -0.39 is 0 Å². The fraction of sp³-hybridized carbons (Fsp3) is 0.909. The molecule has 1 unspecified atom stereocenters. The van der Waals surface area contributed by atoms with Crippen molar-refractivity contribution in [1.82, 2.24) is 15.5 Å². The summed E-state index contributed by atoms with van der Waals surface area (Å²) >= 11 is 0. The molecule has 0 aromatic carbocycles. The summed E-state index contributed by atoms with van der Waals surface area (Å²) in [5, 5.41) is 5.95. The van der Waals surface area contributed by atoms with E-state index in [4.69, 9.17) is 4.74 Å². The number of ether oxygens (including phenoxy) is 1. The zero-order chi connectivity index (χ0) is 11.8. The maximum absolute atomic E-state index is 11.6. The molecule has 0 spiro atoms. The smallest absolute Gasteiger partial charge is 0.224 e. The van der Waals surface area contributed by atoms with Gasteiger partial charge in [-0.2, -0.15) is 0 Å². The molecule has 110 valence electrons. The summed E-state index contributed by atoms with van der Waals surface area (Å²) in [5.41, 5.74) is 0. The van der Waals surface area contributed by atoms with Crippen molar-refractivity contribution in [3.63, 3.8) is 0 Å². The summed E-state index contributed by atoms with van der Waals surface area (Å²) in [6, 6.07) is 0. The van der Waals surface area contributed by atoms with E-state index in [-0.39, 0.29) is 36.6 Å². The monoisotopic (exact) mass is 301 g/mol. The Kier molecular flexibility index (Phi) is 13.5. The summed E-state index contributed by atoms with van der Waals surface area (Å²) < 4.78 is 5.26. The highest BCUT2D eigenvalue weighted by molar-refractivity contribution is 5.85. The van der Waals surface area contributed by atoms with Crippen LogP contribution in [0.15, 0.2) is 0 Å². The van der Waals surface area contributed by atoms with E-state index in [9.17, 15) is 4.79 Å². The second kappa shape index (κ2) is 12.0. The molecule has 1 heterocycles. The molecule has 2 N–H and O–H groups in total. The molecule has 5 nitrogen and oxygen atoms in total. The third-order valence-corrected chi connectivity index (χ3v) is 2.79. The standard InChI is InChI=1S/C11H23N3O2.2ClH/c1-10(9-12-2)11(15)13-3-4-14-5-7-16-8-6-14;;/h10,12H,3-9H2,1-2H3,(H,13,15);2*1H. The molecule has 0 aromatic heterocycles. The number of amides is 1. The average Bonchev–Trinajstić information content (AvgIpc) is 2.30. The van der Waals surface area contributed by atoms with Crippen molar-refractivity contribution < 1.29 is 9.53 Å². The van der Waals surface area contributed by atoms with Crippen LogP contribution in [-0.2, 0) is 9.53 Å². The van der Waals surface area contributed by atoms with Gasteiger partial charge in [0.05, 0.1) is 13.2 Å². The minimum Gasteiger partial charge on any atom is -0.379 e. The van der Waals surface area contributed by atoms with Crippen molar-refractivity contribution in [3.05, 3.63) is 0 Å². The van der Waals surface area contributed by atoms with Gasteiger partial charge in [-0.25, -0.2) is 0 Å². The fourth-order valence-electron chi connectivity index (χ4n) is 1.74. The molecule has 1 aliphatic heterocycles. The third kappa shape index (κ3) is 8.11. The first-order valence-corrected chi connectivity index (χ1v) is 5.96. The van der Waals surface area contributed by atoms with Gasteiger partial charge >= 0.3 is 0 Å². The van der Waals surface area contributed by atoms with Crippen molar-refractivity contribution in [2.45, 2.75) is 6.92 Å². The highest BCUT2D eigenvalue weighted by Gasteiger charge is 2.13. The summed E-state index contributed by atoms with van der Waals surface area (Å²) in [4.78, 5) is 13.9. The number of hydrogen-bond donors (Lipinski definition) is 2. The molecule has 1 amide bonds. The molecular formula is C11H25Cl2N3O2. The lowest BCUT2D eigenvalue weighted by atomic mass is 10.1. The zero-order valence-electron chi connectivity index (χ0n) is 11.1. The minimum absolute atomic E-state index is 0. The van der Waals surface area contributed by atoms with E-state index in [1.807, 2.05) is 14.0 Å². The van der Waals surface area contributed by atoms with E-state index >= 15 is 0 Å². The summed E-state index contributed by atoms with van der Waals surface area (Å²) in [7, 11) is 1.86. The predicted octanol–water partition coefficient (Wildman–Crippen LogP) is 0.134. The predicted molar refractivity (Wildman–Crippen MR) is 77.9 cm³/mol. The second-order valence-electron chi connectivity index (χ2n) is 4.20. The van der Waals surface area contributed by atoms with Gasteiger partial charge in [-0.3, -0.25) is 9.69 Å². The SMILES string of the molecule is CNCC(C)C(=O)NCCN1CCOCC1.Cl.Cl. The Labute approximate surface area is 122 Å². The van der Waals surface area contributed by atoms with Crippen LogP contribution in [0.3, 0.4) is 0 Å². The van der Waals surface area contributed by atoms with Gasteiger partial charge in [0.25, 0.3) is 0 Å². The van der Waals surface area contributed by atoms with Crippen LogP contribution in [0.4, 0.5) is 0 Å². The molecule has 0 saturated carbocycles. The molecule has 1 fully saturated rings. The van der Waals surface area contributed by atoms with Crippen molar-refractivity contribution in [2.75, 3.05) is 53.0 Å². The topological polar surface area (TPSA) is 53.6 Å². The molecule has 1 saturated heterocycles.